The molecule has 1 aromatic carbocycles. The Balaban J connectivity index is 1.80. The molecule has 1 aliphatic rings. The fourth-order valence-electron chi connectivity index (χ4n) is 3.35. The van der Waals surface area contributed by atoms with Crippen LogP contribution in [-0.4, -0.2) is 34.4 Å². The summed E-state index contributed by atoms with van der Waals surface area (Å²) in [6, 6.07) is 3.35. The minimum absolute atomic E-state index is 0.0403. The molecule has 1 N–H and O–H groups in total. The average molecular weight is 364 g/mol. The number of rotatable bonds is 4. The van der Waals surface area contributed by atoms with E-state index in [1.807, 2.05) is 11.6 Å². The van der Waals surface area contributed by atoms with Gasteiger partial charge < -0.3 is 14.8 Å². The molecule has 2 heterocycles. The van der Waals surface area contributed by atoms with E-state index in [0.717, 1.165) is 16.6 Å². The number of nitrogens with one attached hydrogen (secondary N) is 1. The highest BCUT2D eigenvalue weighted by atomic mass is 35.5. The minimum Gasteiger partial charge on any atom is -0.352 e. The van der Waals surface area contributed by atoms with E-state index in [-0.39, 0.29) is 29.8 Å². The molecule has 7 heteroatoms. The van der Waals surface area contributed by atoms with E-state index >= 15 is 0 Å². The topological polar surface area (TPSA) is 54.3 Å². The standard InChI is InChI=1S/C18H19ClFN3O2/c1-3-15(24)21-8-6-16(25)23-9-7-14-12(10-23)11-4-5-13(19)17(20)18(11)22(14)2/h3-5H,1,6-10H2,2H3,(H,21,24). The lowest BCUT2D eigenvalue weighted by atomic mass is 10.0. The smallest absolute Gasteiger partial charge is 0.243 e. The van der Waals surface area contributed by atoms with Crippen molar-refractivity contribution in [1.82, 2.24) is 14.8 Å². The first-order valence-electron chi connectivity index (χ1n) is 8.06. The van der Waals surface area contributed by atoms with Gasteiger partial charge in [-0.3, -0.25) is 9.59 Å². The summed E-state index contributed by atoms with van der Waals surface area (Å²) in [7, 11) is 1.82. The summed E-state index contributed by atoms with van der Waals surface area (Å²) < 4.78 is 16.2. The van der Waals surface area contributed by atoms with Crippen LogP contribution in [-0.2, 0) is 29.6 Å². The lowest BCUT2D eigenvalue weighted by Gasteiger charge is -2.28. The van der Waals surface area contributed by atoms with Crippen molar-refractivity contribution in [2.24, 2.45) is 7.05 Å². The van der Waals surface area contributed by atoms with Crippen LogP contribution in [0.5, 0.6) is 0 Å². The number of nitrogens with zero attached hydrogens (tertiary/aromatic N) is 2. The molecule has 3 rings (SSSR count). The minimum atomic E-state index is -0.430. The Kier molecular flexibility index (Phi) is 4.81. The molecule has 0 saturated heterocycles. The molecule has 25 heavy (non-hydrogen) atoms. The van der Waals surface area contributed by atoms with Gasteiger partial charge in [0.05, 0.1) is 10.5 Å². The maximum absolute atomic E-state index is 14.4. The molecule has 0 atom stereocenters. The number of benzene rings is 1. The van der Waals surface area contributed by atoms with Crippen molar-refractivity contribution in [1.29, 1.82) is 0 Å². The van der Waals surface area contributed by atoms with Crippen molar-refractivity contribution in [3.8, 4) is 0 Å². The predicted molar refractivity (Wildman–Crippen MR) is 94.8 cm³/mol. The van der Waals surface area contributed by atoms with E-state index in [2.05, 4.69) is 11.9 Å². The van der Waals surface area contributed by atoms with Crippen LogP contribution >= 0.6 is 11.6 Å². The van der Waals surface area contributed by atoms with Gasteiger partial charge in [0.1, 0.15) is 0 Å². The van der Waals surface area contributed by atoms with Gasteiger partial charge in [-0.1, -0.05) is 24.2 Å². The molecule has 0 aliphatic carbocycles. The fourth-order valence-corrected chi connectivity index (χ4v) is 3.50. The maximum atomic E-state index is 14.4. The zero-order valence-electron chi connectivity index (χ0n) is 13.9. The third kappa shape index (κ3) is 3.14. The lowest BCUT2D eigenvalue weighted by molar-refractivity contribution is -0.132. The number of amides is 2. The van der Waals surface area contributed by atoms with Crippen molar-refractivity contribution in [3.63, 3.8) is 0 Å². The molecule has 5 nitrogen and oxygen atoms in total. The van der Waals surface area contributed by atoms with Gasteiger partial charge in [0.2, 0.25) is 11.8 Å². The van der Waals surface area contributed by atoms with Crippen molar-refractivity contribution in [2.75, 3.05) is 13.1 Å². The number of hydrogen-bond donors (Lipinski definition) is 1. The summed E-state index contributed by atoms with van der Waals surface area (Å²) in [5.41, 5.74) is 2.47. The highest BCUT2D eigenvalue weighted by Crippen LogP contribution is 2.34. The Morgan fingerprint density at radius 2 is 2.20 bits per heavy atom. The summed E-state index contributed by atoms with van der Waals surface area (Å²) in [6.07, 6.45) is 2.05. The van der Waals surface area contributed by atoms with Gasteiger partial charge >= 0.3 is 0 Å². The summed E-state index contributed by atoms with van der Waals surface area (Å²) in [6.45, 7) is 4.64. The summed E-state index contributed by atoms with van der Waals surface area (Å²) >= 11 is 5.90. The molecule has 1 aromatic heterocycles. The summed E-state index contributed by atoms with van der Waals surface area (Å²) in [5, 5.41) is 3.48. The lowest BCUT2D eigenvalue weighted by Crippen LogP contribution is -2.38. The molecule has 132 valence electrons. The molecular formula is C18H19ClFN3O2. The van der Waals surface area contributed by atoms with Gasteiger partial charge in [-0.15, -0.1) is 0 Å². The van der Waals surface area contributed by atoms with Crippen LogP contribution in [0, 0.1) is 5.82 Å². The molecule has 0 spiro atoms. The first kappa shape index (κ1) is 17.5. The van der Waals surface area contributed by atoms with Crippen LogP contribution in [0.1, 0.15) is 17.7 Å². The normalized spacial score (nSPS) is 13.6. The Morgan fingerprint density at radius 1 is 1.44 bits per heavy atom. The van der Waals surface area contributed by atoms with E-state index < -0.39 is 5.82 Å². The average Bonchev–Trinajstić information content (AvgIpc) is 2.90. The second kappa shape index (κ2) is 6.88. The van der Waals surface area contributed by atoms with Crippen molar-refractivity contribution in [3.05, 3.63) is 46.9 Å². The molecule has 1 aliphatic heterocycles. The molecule has 2 aromatic rings. The first-order valence-corrected chi connectivity index (χ1v) is 8.44. The monoisotopic (exact) mass is 363 g/mol. The van der Waals surface area contributed by atoms with Crippen molar-refractivity contribution < 1.29 is 14.0 Å². The highest BCUT2D eigenvalue weighted by molar-refractivity contribution is 6.31. The number of carbonyl (C=O) groups excluding carboxylic acids is 2. The van der Waals surface area contributed by atoms with E-state index in [1.54, 1.807) is 17.0 Å². The summed E-state index contributed by atoms with van der Waals surface area (Å²) in [4.78, 5) is 25.3. The molecular weight excluding hydrogens is 345 g/mol. The van der Waals surface area contributed by atoms with Crippen LogP contribution in [0.4, 0.5) is 4.39 Å². The van der Waals surface area contributed by atoms with Crippen LogP contribution in [0.25, 0.3) is 10.9 Å². The number of aromatic nitrogens is 1. The van der Waals surface area contributed by atoms with E-state index in [0.29, 0.717) is 25.0 Å². The SMILES string of the molecule is C=CC(=O)NCCC(=O)N1CCc2c(c3ccc(Cl)c(F)c3n2C)C1. The fraction of sp³-hybridized carbons (Fsp3) is 0.333. The second-order valence-corrected chi connectivity index (χ2v) is 6.46. The van der Waals surface area contributed by atoms with Crippen LogP contribution < -0.4 is 5.32 Å². The van der Waals surface area contributed by atoms with Gasteiger partial charge in [-0.2, -0.15) is 0 Å². The van der Waals surface area contributed by atoms with Crippen LogP contribution in [0.15, 0.2) is 24.8 Å². The van der Waals surface area contributed by atoms with Gasteiger partial charge in [-0.05, 0) is 12.1 Å². The van der Waals surface area contributed by atoms with Crippen molar-refractivity contribution in [2.45, 2.75) is 19.4 Å². The maximum Gasteiger partial charge on any atom is 0.243 e. The number of carbonyl (C=O) groups is 2. The van der Waals surface area contributed by atoms with Gasteiger partial charge in [0, 0.05) is 56.2 Å². The second-order valence-electron chi connectivity index (χ2n) is 6.05. The summed E-state index contributed by atoms with van der Waals surface area (Å²) in [5.74, 6) is -0.766. The molecule has 0 saturated carbocycles. The number of halogens is 2. The van der Waals surface area contributed by atoms with E-state index in [9.17, 15) is 14.0 Å². The van der Waals surface area contributed by atoms with Gasteiger partial charge in [0.25, 0.3) is 0 Å². The molecule has 0 bridgehead atoms. The first-order chi connectivity index (χ1) is 11.9. The quantitative estimate of drug-likeness (QED) is 0.849. The van der Waals surface area contributed by atoms with Gasteiger partial charge in [-0.25, -0.2) is 4.39 Å². The number of aryl methyl sites for hydroxylation is 1. The number of fused-ring (bicyclic) bond motifs is 3. The van der Waals surface area contributed by atoms with E-state index in [1.165, 1.54) is 6.08 Å². The van der Waals surface area contributed by atoms with Crippen LogP contribution in [0.3, 0.4) is 0 Å². The zero-order chi connectivity index (χ0) is 18.1. The predicted octanol–water partition coefficient (Wildman–Crippen LogP) is 2.55. The molecule has 0 fully saturated rings. The third-order valence-electron chi connectivity index (χ3n) is 4.63. The molecule has 0 unspecified atom stereocenters. The Labute approximate surface area is 150 Å². The number of hydrogen-bond acceptors (Lipinski definition) is 2. The van der Waals surface area contributed by atoms with E-state index in [4.69, 9.17) is 11.6 Å². The highest BCUT2D eigenvalue weighted by Gasteiger charge is 2.27. The zero-order valence-corrected chi connectivity index (χ0v) is 14.7. The Hall–Kier alpha value is -2.34. The van der Waals surface area contributed by atoms with Crippen LogP contribution in [0.2, 0.25) is 5.02 Å². The largest absolute Gasteiger partial charge is 0.352 e. The molecule has 2 amide bonds. The van der Waals surface area contributed by atoms with Gasteiger partial charge in [0.15, 0.2) is 5.82 Å². The Morgan fingerprint density at radius 3 is 2.92 bits per heavy atom. The van der Waals surface area contributed by atoms with Crippen molar-refractivity contribution >= 4 is 34.3 Å². The molecule has 0 radical (unpaired) electrons. The Bertz CT molecular complexity index is 875. The third-order valence-corrected chi connectivity index (χ3v) is 4.92.